The van der Waals surface area contributed by atoms with Crippen LogP contribution in [0.4, 0.5) is 0 Å². The van der Waals surface area contributed by atoms with Crippen molar-refractivity contribution in [3.8, 4) is 0 Å². The second kappa shape index (κ2) is 10.0. The molecule has 0 unspecified atom stereocenters. The molecule has 2 nitrogen and oxygen atoms in total. The summed E-state index contributed by atoms with van der Waals surface area (Å²) in [5.74, 6) is 0.127. The molecular weight excluding hydrogens is 246 g/mol. The first-order valence-electron chi connectivity index (χ1n) is 7.34. The van der Waals surface area contributed by atoms with E-state index in [0.29, 0.717) is 0 Å². The van der Waals surface area contributed by atoms with Crippen LogP contribution in [0.15, 0.2) is 60.3 Å². The maximum atomic E-state index is 11.8. The molecule has 1 rings (SSSR count). The molecule has 0 bridgehead atoms. The van der Waals surface area contributed by atoms with Crippen molar-refractivity contribution in [2.45, 2.75) is 33.1 Å². The van der Waals surface area contributed by atoms with Crippen LogP contribution in [0.2, 0.25) is 0 Å². The van der Waals surface area contributed by atoms with E-state index >= 15 is 0 Å². The van der Waals surface area contributed by atoms with Crippen LogP contribution in [-0.4, -0.2) is 23.9 Å². The number of allylic oxidation sites excluding steroid dienone is 9. The van der Waals surface area contributed by atoms with Gasteiger partial charge in [0.2, 0.25) is 5.91 Å². The van der Waals surface area contributed by atoms with E-state index in [2.05, 4.69) is 13.0 Å². The Morgan fingerprint density at radius 1 is 0.900 bits per heavy atom. The maximum absolute atomic E-state index is 11.8. The SMILES string of the molecule is C/C=C/C=C(C)\C=C\C=C\C=C/C(=O)N1CCCCC1. The van der Waals surface area contributed by atoms with E-state index in [1.165, 1.54) is 12.0 Å². The Bertz CT molecular complexity index is 432. The lowest BCUT2D eigenvalue weighted by Crippen LogP contribution is -2.34. The lowest BCUT2D eigenvalue weighted by molar-refractivity contribution is -0.126. The molecule has 1 amide bonds. The number of amides is 1. The van der Waals surface area contributed by atoms with E-state index in [0.717, 1.165) is 25.9 Å². The first-order chi connectivity index (χ1) is 9.74. The first kappa shape index (κ1) is 16.2. The van der Waals surface area contributed by atoms with Crippen molar-refractivity contribution in [1.29, 1.82) is 0 Å². The molecule has 0 aromatic heterocycles. The van der Waals surface area contributed by atoms with Crippen molar-refractivity contribution in [2.24, 2.45) is 0 Å². The Morgan fingerprint density at radius 2 is 1.55 bits per heavy atom. The quantitative estimate of drug-likeness (QED) is 0.542. The number of hydrogen-bond donors (Lipinski definition) is 0. The van der Waals surface area contributed by atoms with E-state index < -0.39 is 0 Å². The number of nitrogens with zero attached hydrogens (tertiary/aromatic N) is 1. The van der Waals surface area contributed by atoms with Gasteiger partial charge in [0.1, 0.15) is 0 Å². The van der Waals surface area contributed by atoms with Gasteiger partial charge < -0.3 is 4.90 Å². The van der Waals surface area contributed by atoms with Gasteiger partial charge in [-0.2, -0.15) is 0 Å². The third-order valence-corrected chi connectivity index (χ3v) is 3.15. The number of rotatable bonds is 5. The van der Waals surface area contributed by atoms with Gasteiger partial charge in [-0.15, -0.1) is 0 Å². The van der Waals surface area contributed by atoms with Crippen molar-refractivity contribution < 1.29 is 4.79 Å². The Balaban J connectivity index is 2.34. The van der Waals surface area contributed by atoms with E-state index in [4.69, 9.17) is 0 Å². The molecule has 0 aromatic rings. The van der Waals surface area contributed by atoms with Gasteiger partial charge in [-0.3, -0.25) is 4.79 Å². The minimum absolute atomic E-state index is 0.127. The largest absolute Gasteiger partial charge is 0.339 e. The summed E-state index contributed by atoms with van der Waals surface area (Å²) in [6, 6.07) is 0. The summed E-state index contributed by atoms with van der Waals surface area (Å²) < 4.78 is 0. The average molecular weight is 271 g/mol. The molecule has 0 spiro atoms. The zero-order chi connectivity index (χ0) is 14.6. The van der Waals surface area contributed by atoms with Crippen LogP contribution in [0.1, 0.15) is 33.1 Å². The minimum Gasteiger partial charge on any atom is -0.339 e. The van der Waals surface area contributed by atoms with Crippen LogP contribution in [-0.2, 0) is 4.79 Å². The number of likely N-dealkylation sites (tertiary alicyclic amines) is 1. The third-order valence-electron chi connectivity index (χ3n) is 3.15. The number of carbonyl (C=O) groups is 1. The van der Waals surface area contributed by atoms with Gasteiger partial charge in [-0.25, -0.2) is 0 Å². The summed E-state index contributed by atoms with van der Waals surface area (Å²) in [5, 5.41) is 0. The van der Waals surface area contributed by atoms with Crippen LogP contribution < -0.4 is 0 Å². The predicted octanol–water partition coefficient (Wildman–Crippen LogP) is 4.19. The van der Waals surface area contributed by atoms with Gasteiger partial charge in [-0.05, 0) is 33.1 Å². The normalized spacial score (nSPS) is 18.1. The van der Waals surface area contributed by atoms with E-state index in [1.54, 1.807) is 6.08 Å². The van der Waals surface area contributed by atoms with Gasteiger partial charge in [0.15, 0.2) is 0 Å². The molecule has 0 radical (unpaired) electrons. The summed E-state index contributed by atoms with van der Waals surface area (Å²) in [5.41, 5.74) is 1.20. The lowest BCUT2D eigenvalue weighted by atomic mass is 10.1. The van der Waals surface area contributed by atoms with Gasteiger partial charge in [0, 0.05) is 19.2 Å². The molecule has 0 N–H and O–H groups in total. The Hall–Kier alpha value is -1.83. The summed E-state index contributed by atoms with van der Waals surface area (Å²) >= 11 is 0. The van der Waals surface area contributed by atoms with E-state index in [1.807, 2.05) is 54.4 Å². The molecule has 20 heavy (non-hydrogen) atoms. The second-order valence-corrected chi connectivity index (χ2v) is 4.93. The molecule has 0 aliphatic carbocycles. The van der Waals surface area contributed by atoms with Gasteiger partial charge in [0.25, 0.3) is 0 Å². The first-order valence-corrected chi connectivity index (χ1v) is 7.34. The molecule has 0 atom stereocenters. The van der Waals surface area contributed by atoms with Gasteiger partial charge >= 0.3 is 0 Å². The maximum Gasteiger partial charge on any atom is 0.246 e. The molecule has 1 saturated heterocycles. The van der Waals surface area contributed by atoms with E-state index in [-0.39, 0.29) is 5.91 Å². The Kier molecular flexibility index (Phi) is 8.13. The lowest BCUT2D eigenvalue weighted by Gasteiger charge is -2.25. The highest BCUT2D eigenvalue weighted by atomic mass is 16.2. The topological polar surface area (TPSA) is 20.3 Å². The predicted molar refractivity (Wildman–Crippen MR) is 86.4 cm³/mol. The zero-order valence-electron chi connectivity index (χ0n) is 12.6. The number of carbonyl (C=O) groups excluding carboxylic acids is 1. The van der Waals surface area contributed by atoms with Crippen molar-refractivity contribution in [2.75, 3.05) is 13.1 Å². The molecular formula is C18H25NO. The smallest absolute Gasteiger partial charge is 0.246 e. The molecule has 1 aliphatic rings. The third kappa shape index (κ3) is 6.93. The highest BCUT2D eigenvalue weighted by Crippen LogP contribution is 2.08. The molecule has 1 fully saturated rings. The fourth-order valence-corrected chi connectivity index (χ4v) is 2.00. The fraction of sp³-hybridized carbons (Fsp3) is 0.389. The van der Waals surface area contributed by atoms with Crippen LogP contribution in [0, 0.1) is 0 Å². The molecule has 0 saturated carbocycles. The van der Waals surface area contributed by atoms with Crippen molar-refractivity contribution in [3.05, 3.63) is 60.3 Å². The monoisotopic (exact) mass is 271 g/mol. The van der Waals surface area contributed by atoms with Crippen LogP contribution >= 0.6 is 0 Å². The second-order valence-electron chi connectivity index (χ2n) is 4.93. The van der Waals surface area contributed by atoms with Crippen LogP contribution in [0.5, 0.6) is 0 Å². The zero-order valence-corrected chi connectivity index (χ0v) is 12.6. The minimum atomic E-state index is 0.127. The van der Waals surface area contributed by atoms with Crippen LogP contribution in [0.3, 0.4) is 0 Å². The highest BCUT2D eigenvalue weighted by Gasteiger charge is 2.12. The van der Waals surface area contributed by atoms with E-state index in [9.17, 15) is 4.79 Å². The molecule has 0 aromatic carbocycles. The summed E-state index contributed by atoms with van der Waals surface area (Å²) in [4.78, 5) is 13.8. The molecule has 1 aliphatic heterocycles. The Labute approximate surface area is 122 Å². The summed E-state index contributed by atoms with van der Waals surface area (Å²) in [7, 11) is 0. The highest BCUT2D eigenvalue weighted by molar-refractivity contribution is 5.87. The van der Waals surface area contributed by atoms with Crippen molar-refractivity contribution >= 4 is 5.91 Å². The fourth-order valence-electron chi connectivity index (χ4n) is 2.00. The number of hydrogen-bond acceptors (Lipinski definition) is 1. The molecule has 2 heteroatoms. The standard InChI is InChI=1S/C18H25NO/c1-3-4-12-17(2)13-8-5-6-9-14-18(20)19-15-10-7-11-16-19/h3-6,8-9,12-14H,7,10-11,15-16H2,1-2H3/b4-3+,6-5+,13-8+,14-9-,17-12-. The average Bonchev–Trinajstić information content (AvgIpc) is 2.49. The van der Waals surface area contributed by atoms with Gasteiger partial charge in [0.05, 0.1) is 0 Å². The summed E-state index contributed by atoms with van der Waals surface area (Å²) in [6.07, 6.45) is 20.9. The number of piperidine rings is 1. The molecule has 108 valence electrons. The van der Waals surface area contributed by atoms with Crippen molar-refractivity contribution in [1.82, 2.24) is 4.90 Å². The summed E-state index contributed by atoms with van der Waals surface area (Å²) in [6.45, 7) is 5.86. The van der Waals surface area contributed by atoms with Gasteiger partial charge in [-0.1, -0.05) is 54.2 Å². The van der Waals surface area contributed by atoms with Crippen LogP contribution in [0.25, 0.3) is 0 Å². The Morgan fingerprint density at radius 3 is 2.20 bits per heavy atom. The molecule has 1 heterocycles. The van der Waals surface area contributed by atoms with Crippen molar-refractivity contribution in [3.63, 3.8) is 0 Å².